The summed E-state index contributed by atoms with van der Waals surface area (Å²) in [6.07, 6.45) is 0. The quantitative estimate of drug-likeness (QED) is 0.532. The highest BCUT2D eigenvalue weighted by molar-refractivity contribution is 6.32. The highest BCUT2D eigenvalue weighted by Crippen LogP contribution is 2.26. The molecule has 4 N–H and O–H groups in total. The summed E-state index contributed by atoms with van der Waals surface area (Å²) in [5, 5.41) is 32.5. The summed E-state index contributed by atoms with van der Waals surface area (Å²) in [5.74, 6) is -1.63. The first-order valence-electron chi connectivity index (χ1n) is 4.23. The SMILES string of the molecule is CC(=O)O.CC(=O)O.Oc1ccc(O)c(Cl)c1. The van der Waals surface area contributed by atoms with Crippen LogP contribution in [-0.2, 0) is 9.59 Å². The number of hydrogen-bond donors (Lipinski definition) is 4. The van der Waals surface area contributed by atoms with E-state index in [1.54, 1.807) is 0 Å². The van der Waals surface area contributed by atoms with Gasteiger partial charge in [0.25, 0.3) is 11.9 Å². The Bertz CT molecular complexity index is 357. The van der Waals surface area contributed by atoms with Crippen molar-refractivity contribution in [1.82, 2.24) is 0 Å². The smallest absolute Gasteiger partial charge is 0.300 e. The van der Waals surface area contributed by atoms with Crippen molar-refractivity contribution in [2.75, 3.05) is 0 Å². The largest absolute Gasteiger partial charge is 0.508 e. The molecule has 0 amide bonds. The van der Waals surface area contributed by atoms with Gasteiger partial charge in [-0.05, 0) is 12.1 Å². The van der Waals surface area contributed by atoms with E-state index >= 15 is 0 Å². The van der Waals surface area contributed by atoms with E-state index in [4.69, 9.17) is 41.6 Å². The van der Waals surface area contributed by atoms with Crippen molar-refractivity contribution in [3.8, 4) is 11.5 Å². The number of benzene rings is 1. The lowest BCUT2D eigenvalue weighted by atomic mass is 10.3. The number of hydrogen-bond acceptors (Lipinski definition) is 4. The molecule has 0 aromatic heterocycles. The molecule has 0 radical (unpaired) electrons. The monoisotopic (exact) mass is 264 g/mol. The zero-order valence-corrected chi connectivity index (χ0v) is 9.97. The minimum absolute atomic E-state index is 0.0190. The second-order valence-electron chi connectivity index (χ2n) is 2.67. The maximum Gasteiger partial charge on any atom is 0.300 e. The van der Waals surface area contributed by atoms with E-state index in [0.717, 1.165) is 13.8 Å². The predicted molar refractivity (Wildman–Crippen MR) is 61.4 cm³/mol. The molecule has 0 heterocycles. The number of aromatic hydroxyl groups is 2. The molecule has 0 bridgehead atoms. The Morgan fingerprint density at radius 1 is 1.06 bits per heavy atom. The van der Waals surface area contributed by atoms with Crippen molar-refractivity contribution in [2.45, 2.75) is 13.8 Å². The van der Waals surface area contributed by atoms with Gasteiger partial charge in [-0.2, -0.15) is 0 Å². The molecule has 0 atom stereocenters. The van der Waals surface area contributed by atoms with Crippen molar-refractivity contribution in [3.63, 3.8) is 0 Å². The van der Waals surface area contributed by atoms with Gasteiger partial charge in [-0.3, -0.25) is 9.59 Å². The molecule has 1 rings (SSSR count). The van der Waals surface area contributed by atoms with E-state index in [2.05, 4.69) is 0 Å². The van der Waals surface area contributed by atoms with Crippen LogP contribution in [0.4, 0.5) is 0 Å². The summed E-state index contributed by atoms with van der Waals surface area (Å²) in [4.78, 5) is 18.0. The van der Waals surface area contributed by atoms with Crippen LogP contribution in [0.1, 0.15) is 13.8 Å². The lowest BCUT2D eigenvalue weighted by molar-refractivity contribution is -0.135. The molecule has 96 valence electrons. The second kappa shape index (κ2) is 9.29. The molecule has 7 heteroatoms. The van der Waals surface area contributed by atoms with Crippen LogP contribution in [0.25, 0.3) is 0 Å². The molecule has 6 nitrogen and oxygen atoms in total. The third kappa shape index (κ3) is 16.7. The molecule has 0 fully saturated rings. The van der Waals surface area contributed by atoms with Crippen molar-refractivity contribution in [3.05, 3.63) is 23.2 Å². The number of aliphatic carboxylic acids is 2. The highest BCUT2D eigenvalue weighted by Gasteiger charge is 1.95. The van der Waals surface area contributed by atoms with Gasteiger partial charge in [0.15, 0.2) is 0 Å². The number of phenolic OH excluding ortho intramolecular Hbond substituents is 2. The first-order chi connectivity index (χ1) is 7.66. The molecule has 1 aromatic carbocycles. The summed E-state index contributed by atoms with van der Waals surface area (Å²) in [7, 11) is 0. The summed E-state index contributed by atoms with van der Waals surface area (Å²) in [5.41, 5.74) is 0. The first kappa shape index (κ1) is 17.4. The van der Waals surface area contributed by atoms with Crippen LogP contribution < -0.4 is 0 Å². The molecule has 0 aliphatic carbocycles. The van der Waals surface area contributed by atoms with Gasteiger partial charge in [-0.1, -0.05) is 11.6 Å². The number of rotatable bonds is 0. The van der Waals surface area contributed by atoms with Crippen molar-refractivity contribution < 1.29 is 30.0 Å². The fourth-order valence-corrected chi connectivity index (χ4v) is 0.671. The van der Waals surface area contributed by atoms with Crippen LogP contribution in [0.15, 0.2) is 18.2 Å². The van der Waals surface area contributed by atoms with Crippen LogP contribution >= 0.6 is 11.6 Å². The van der Waals surface area contributed by atoms with Gasteiger partial charge in [-0.25, -0.2) is 0 Å². The number of phenols is 2. The molecule has 0 saturated carbocycles. The third-order valence-corrected chi connectivity index (χ3v) is 1.23. The molecular weight excluding hydrogens is 252 g/mol. The summed E-state index contributed by atoms with van der Waals surface area (Å²) in [6.45, 7) is 2.17. The van der Waals surface area contributed by atoms with Gasteiger partial charge in [-0.15, -0.1) is 0 Å². The number of carboxylic acid groups (broad SMARTS) is 2. The normalized spacial score (nSPS) is 7.94. The molecule has 0 aliphatic heterocycles. The van der Waals surface area contributed by atoms with Gasteiger partial charge in [0, 0.05) is 19.9 Å². The van der Waals surface area contributed by atoms with E-state index in [1.165, 1.54) is 18.2 Å². The highest BCUT2D eigenvalue weighted by atomic mass is 35.5. The summed E-state index contributed by atoms with van der Waals surface area (Å²) < 4.78 is 0. The zero-order chi connectivity index (χ0) is 14.0. The fraction of sp³-hybridized carbons (Fsp3) is 0.200. The number of halogens is 1. The Kier molecular flexibility index (Phi) is 9.53. The predicted octanol–water partition coefficient (Wildman–Crippen LogP) is 1.93. The lowest BCUT2D eigenvalue weighted by Crippen LogP contribution is -1.78. The fourth-order valence-electron chi connectivity index (χ4n) is 0.496. The minimum atomic E-state index is -0.833. The van der Waals surface area contributed by atoms with Gasteiger partial charge in [0.1, 0.15) is 11.5 Å². The van der Waals surface area contributed by atoms with Gasteiger partial charge >= 0.3 is 0 Å². The summed E-state index contributed by atoms with van der Waals surface area (Å²) in [6, 6.07) is 3.97. The van der Waals surface area contributed by atoms with Crippen LogP contribution in [-0.4, -0.2) is 32.4 Å². The molecule has 17 heavy (non-hydrogen) atoms. The molecule has 0 unspecified atom stereocenters. The number of carbonyl (C=O) groups is 2. The van der Waals surface area contributed by atoms with E-state index in [0.29, 0.717) is 0 Å². The second-order valence-corrected chi connectivity index (χ2v) is 3.08. The first-order valence-corrected chi connectivity index (χ1v) is 4.61. The van der Waals surface area contributed by atoms with E-state index in [9.17, 15) is 0 Å². The van der Waals surface area contributed by atoms with Crippen LogP contribution in [0, 0.1) is 0 Å². The van der Waals surface area contributed by atoms with E-state index < -0.39 is 11.9 Å². The molecular formula is C10H13ClO6. The van der Waals surface area contributed by atoms with Gasteiger partial charge in [0.2, 0.25) is 0 Å². The third-order valence-electron chi connectivity index (χ3n) is 0.931. The minimum Gasteiger partial charge on any atom is -0.508 e. The topological polar surface area (TPSA) is 115 Å². The molecule has 0 spiro atoms. The molecule has 0 saturated heterocycles. The Morgan fingerprint density at radius 2 is 1.41 bits per heavy atom. The van der Waals surface area contributed by atoms with Crippen molar-refractivity contribution in [2.24, 2.45) is 0 Å². The summed E-state index contributed by atoms with van der Waals surface area (Å²) >= 11 is 5.40. The lowest BCUT2D eigenvalue weighted by Gasteiger charge is -1.94. The Hall–Kier alpha value is -1.95. The maximum absolute atomic E-state index is 9.00. The van der Waals surface area contributed by atoms with E-state index in [-0.39, 0.29) is 16.5 Å². The van der Waals surface area contributed by atoms with Crippen molar-refractivity contribution >= 4 is 23.5 Å². The number of carboxylic acids is 2. The average molecular weight is 265 g/mol. The Labute approximate surface area is 103 Å². The van der Waals surface area contributed by atoms with Gasteiger partial charge in [0.05, 0.1) is 5.02 Å². The van der Waals surface area contributed by atoms with Crippen LogP contribution in [0.3, 0.4) is 0 Å². The average Bonchev–Trinajstić information content (AvgIpc) is 2.10. The Morgan fingerprint density at radius 3 is 1.65 bits per heavy atom. The maximum atomic E-state index is 9.00. The molecule has 0 aliphatic rings. The zero-order valence-electron chi connectivity index (χ0n) is 9.22. The standard InChI is InChI=1S/C6H5ClO2.2C2H4O2/c7-5-3-4(8)1-2-6(5)9;2*1-2(3)4/h1-3,8-9H;2*1H3,(H,3,4). The van der Waals surface area contributed by atoms with Crippen LogP contribution in [0.2, 0.25) is 5.02 Å². The molecule has 1 aromatic rings. The van der Waals surface area contributed by atoms with E-state index in [1.807, 2.05) is 0 Å². The Balaban J connectivity index is 0. The van der Waals surface area contributed by atoms with Gasteiger partial charge < -0.3 is 20.4 Å². The van der Waals surface area contributed by atoms with Crippen molar-refractivity contribution in [1.29, 1.82) is 0 Å². The van der Waals surface area contributed by atoms with Crippen LogP contribution in [0.5, 0.6) is 11.5 Å².